The highest BCUT2D eigenvalue weighted by Crippen LogP contribution is 2.09. The number of aromatic nitrogens is 1. The van der Waals surface area contributed by atoms with Gasteiger partial charge in [-0.3, -0.25) is 14.5 Å². The first kappa shape index (κ1) is 14.6. The first-order valence-electron chi connectivity index (χ1n) is 5.64. The molecule has 7 heteroatoms. The fourth-order valence-corrected chi connectivity index (χ4v) is 1.89. The van der Waals surface area contributed by atoms with Gasteiger partial charge in [-0.2, -0.15) is 0 Å². The first-order chi connectivity index (χ1) is 8.65. The highest BCUT2D eigenvalue weighted by Gasteiger charge is 2.11. The van der Waals surface area contributed by atoms with Crippen LogP contribution in [0.1, 0.15) is 13.3 Å². The summed E-state index contributed by atoms with van der Waals surface area (Å²) < 4.78 is 4.56. The van der Waals surface area contributed by atoms with E-state index in [4.69, 9.17) is 0 Å². The van der Waals surface area contributed by atoms with E-state index in [-0.39, 0.29) is 24.8 Å². The van der Waals surface area contributed by atoms with Gasteiger partial charge in [0.25, 0.3) is 0 Å². The van der Waals surface area contributed by atoms with Gasteiger partial charge in [-0.25, -0.2) is 4.98 Å². The number of hydrogen-bond acceptors (Lipinski definition) is 6. The molecule has 100 valence electrons. The van der Waals surface area contributed by atoms with E-state index in [9.17, 15) is 9.59 Å². The van der Waals surface area contributed by atoms with Crippen molar-refractivity contribution in [2.45, 2.75) is 13.3 Å². The van der Waals surface area contributed by atoms with Gasteiger partial charge >= 0.3 is 5.97 Å². The molecule has 6 nitrogen and oxygen atoms in total. The third kappa shape index (κ3) is 5.24. The van der Waals surface area contributed by atoms with Crippen LogP contribution < -0.4 is 5.32 Å². The van der Waals surface area contributed by atoms with E-state index in [2.05, 4.69) is 15.0 Å². The van der Waals surface area contributed by atoms with E-state index in [0.717, 1.165) is 0 Å². The Bertz CT molecular complexity index is 381. The van der Waals surface area contributed by atoms with Gasteiger partial charge in [0, 0.05) is 18.1 Å². The number of amides is 1. The summed E-state index contributed by atoms with van der Waals surface area (Å²) in [6.45, 7) is 3.39. The zero-order valence-electron chi connectivity index (χ0n) is 10.5. The Morgan fingerprint density at radius 3 is 2.89 bits per heavy atom. The van der Waals surface area contributed by atoms with Crippen molar-refractivity contribution >= 4 is 28.3 Å². The molecule has 0 saturated heterocycles. The molecule has 0 aliphatic heterocycles. The fourth-order valence-electron chi connectivity index (χ4n) is 1.35. The molecule has 0 spiro atoms. The van der Waals surface area contributed by atoms with Crippen LogP contribution in [-0.2, 0) is 14.3 Å². The second-order valence-electron chi connectivity index (χ2n) is 3.58. The SMILES string of the molecule is CCN(CCC(=O)OC)CC(=O)Nc1nccs1. The standard InChI is InChI=1S/C11H17N3O3S/c1-3-14(6-4-10(16)17-2)8-9(15)13-11-12-5-7-18-11/h5,7H,3-4,6,8H2,1-2H3,(H,12,13,15). The van der Waals surface area contributed by atoms with Crippen LogP contribution in [-0.4, -0.2) is 48.5 Å². The first-order valence-corrected chi connectivity index (χ1v) is 6.52. The molecular formula is C11H17N3O3S. The molecule has 0 fully saturated rings. The minimum atomic E-state index is -0.270. The predicted molar refractivity (Wildman–Crippen MR) is 69.5 cm³/mol. The molecule has 1 heterocycles. The number of carbonyl (C=O) groups excluding carboxylic acids is 2. The molecule has 1 aromatic rings. The molecule has 0 radical (unpaired) electrons. The van der Waals surface area contributed by atoms with E-state index >= 15 is 0 Å². The van der Waals surface area contributed by atoms with Crippen molar-refractivity contribution < 1.29 is 14.3 Å². The zero-order valence-corrected chi connectivity index (χ0v) is 11.3. The summed E-state index contributed by atoms with van der Waals surface area (Å²) in [5, 5.41) is 5.08. The lowest BCUT2D eigenvalue weighted by molar-refractivity contribution is -0.141. The van der Waals surface area contributed by atoms with Gasteiger partial charge in [-0.15, -0.1) is 11.3 Å². The molecule has 0 saturated carbocycles. The second-order valence-corrected chi connectivity index (χ2v) is 4.47. The summed E-state index contributed by atoms with van der Waals surface area (Å²) >= 11 is 1.37. The topological polar surface area (TPSA) is 71.5 Å². The van der Waals surface area contributed by atoms with Gasteiger partial charge in [0.2, 0.25) is 5.91 Å². The van der Waals surface area contributed by atoms with Crippen LogP contribution in [0.4, 0.5) is 5.13 Å². The molecule has 1 aromatic heterocycles. The predicted octanol–water partition coefficient (Wildman–Crippen LogP) is 0.967. The van der Waals surface area contributed by atoms with E-state index in [1.54, 1.807) is 11.6 Å². The molecule has 1 amide bonds. The molecule has 0 aromatic carbocycles. The molecule has 0 aliphatic carbocycles. The minimum absolute atomic E-state index is 0.128. The number of anilines is 1. The Labute approximate surface area is 110 Å². The lowest BCUT2D eigenvalue weighted by atomic mass is 10.3. The summed E-state index contributed by atoms with van der Waals surface area (Å²) in [5.41, 5.74) is 0. The molecule has 0 unspecified atom stereocenters. The van der Waals surface area contributed by atoms with Crippen LogP contribution >= 0.6 is 11.3 Å². The summed E-state index contributed by atoms with van der Waals surface area (Å²) in [4.78, 5) is 28.6. The highest BCUT2D eigenvalue weighted by atomic mass is 32.1. The molecule has 0 aliphatic rings. The maximum Gasteiger partial charge on any atom is 0.306 e. The lowest BCUT2D eigenvalue weighted by Gasteiger charge is -2.18. The number of thiazole rings is 1. The molecule has 1 rings (SSSR count). The summed E-state index contributed by atoms with van der Waals surface area (Å²) in [6.07, 6.45) is 1.92. The van der Waals surface area contributed by atoms with Crippen molar-refractivity contribution in [3.05, 3.63) is 11.6 Å². The molecule has 1 N–H and O–H groups in total. The number of nitrogens with one attached hydrogen (secondary N) is 1. The number of likely N-dealkylation sites (N-methyl/N-ethyl adjacent to an activating group) is 1. The fraction of sp³-hybridized carbons (Fsp3) is 0.545. The van der Waals surface area contributed by atoms with Crippen molar-refractivity contribution in [2.75, 3.05) is 32.1 Å². The second kappa shape index (κ2) is 7.78. The number of esters is 1. The van der Waals surface area contributed by atoms with E-state index in [1.807, 2.05) is 11.8 Å². The maximum atomic E-state index is 11.7. The Kier molecular flexibility index (Phi) is 6.31. The largest absolute Gasteiger partial charge is 0.469 e. The highest BCUT2D eigenvalue weighted by molar-refractivity contribution is 7.13. The molecular weight excluding hydrogens is 254 g/mol. The molecule has 0 atom stereocenters. The Morgan fingerprint density at radius 2 is 2.33 bits per heavy atom. The third-order valence-electron chi connectivity index (χ3n) is 2.35. The summed E-state index contributed by atoms with van der Waals surface area (Å²) in [6, 6.07) is 0. The lowest BCUT2D eigenvalue weighted by Crippen LogP contribution is -2.34. The molecule has 18 heavy (non-hydrogen) atoms. The van der Waals surface area contributed by atoms with Gasteiger partial charge in [0.1, 0.15) is 0 Å². The van der Waals surface area contributed by atoms with E-state index in [0.29, 0.717) is 18.2 Å². The van der Waals surface area contributed by atoms with Crippen LogP contribution in [0.5, 0.6) is 0 Å². The van der Waals surface area contributed by atoms with E-state index < -0.39 is 0 Å². The van der Waals surface area contributed by atoms with Crippen LogP contribution in [0.15, 0.2) is 11.6 Å². The van der Waals surface area contributed by atoms with Gasteiger partial charge in [0.15, 0.2) is 5.13 Å². The van der Waals surface area contributed by atoms with Gasteiger partial charge < -0.3 is 10.1 Å². The number of hydrogen-bond donors (Lipinski definition) is 1. The monoisotopic (exact) mass is 271 g/mol. The Hall–Kier alpha value is -1.47. The van der Waals surface area contributed by atoms with Gasteiger partial charge in [-0.05, 0) is 6.54 Å². The number of methoxy groups -OCH3 is 1. The normalized spacial score (nSPS) is 10.4. The van der Waals surface area contributed by atoms with Crippen molar-refractivity contribution in [1.82, 2.24) is 9.88 Å². The summed E-state index contributed by atoms with van der Waals surface area (Å²) in [7, 11) is 1.35. The van der Waals surface area contributed by atoms with Crippen molar-refractivity contribution in [3.63, 3.8) is 0 Å². The average Bonchev–Trinajstić information content (AvgIpc) is 2.86. The molecule has 0 bridgehead atoms. The van der Waals surface area contributed by atoms with Crippen LogP contribution in [0.25, 0.3) is 0 Å². The summed E-state index contributed by atoms with van der Waals surface area (Å²) in [5.74, 6) is -0.398. The van der Waals surface area contributed by atoms with Crippen molar-refractivity contribution in [1.29, 1.82) is 0 Å². The Morgan fingerprint density at radius 1 is 1.56 bits per heavy atom. The number of rotatable bonds is 7. The number of carbonyl (C=O) groups is 2. The number of ether oxygens (including phenoxy) is 1. The quantitative estimate of drug-likeness (QED) is 0.748. The van der Waals surface area contributed by atoms with Gasteiger partial charge in [-0.1, -0.05) is 6.92 Å². The van der Waals surface area contributed by atoms with E-state index in [1.165, 1.54) is 18.4 Å². The maximum absolute atomic E-state index is 11.7. The van der Waals surface area contributed by atoms with Gasteiger partial charge in [0.05, 0.1) is 20.1 Å². The van der Waals surface area contributed by atoms with Crippen LogP contribution in [0.3, 0.4) is 0 Å². The Balaban J connectivity index is 2.33. The van der Waals surface area contributed by atoms with Crippen molar-refractivity contribution in [3.8, 4) is 0 Å². The van der Waals surface area contributed by atoms with Crippen LogP contribution in [0.2, 0.25) is 0 Å². The number of nitrogens with zero attached hydrogens (tertiary/aromatic N) is 2. The van der Waals surface area contributed by atoms with Crippen molar-refractivity contribution in [2.24, 2.45) is 0 Å². The van der Waals surface area contributed by atoms with Crippen LogP contribution in [0, 0.1) is 0 Å². The smallest absolute Gasteiger partial charge is 0.306 e. The minimum Gasteiger partial charge on any atom is -0.469 e. The average molecular weight is 271 g/mol. The zero-order chi connectivity index (χ0) is 13.4. The third-order valence-corrected chi connectivity index (χ3v) is 3.04.